The lowest BCUT2D eigenvalue weighted by Crippen LogP contribution is -2.45. The zero-order valence-electron chi connectivity index (χ0n) is 12.6. The molecule has 1 aromatic rings. The highest BCUT2D eigenvalue weighted by Crippen LogP contribution is 2.29. The molecule has 22 heavy (non-hydrogen) atoms. The second kappa shape index (κ2) is 7.31. The molecule has 1 aliphatic heterocycles. The van der Waals surface area contributed by atoms with Gasteiger partial charge in [-0.2, -0.15) is 0 Å². The van der Waals surface area contributed by atoms with Crippen LogP contribution in [0.2, 0.25) is 5.02 Å². The van der Waals surface area contributed by atoms with Crippen molar-refractivity contribution in [3.63, 3.8) is 0 Å². The fourth-order valence-corrected chi connectivity index (χ4v) is 2.49. The molecule has 0 saturated heterocycles. The lowest BCUT2D eigenvalue weighted by atomic mass is 9.95. The van der Waals surface area contributed by atoms with Gasteiger partial charge in [0.1, 0.15) is 0 Å². The Morgan fingerprint density at radius 3 is 2.86 bits per heavy atom. The van der Waals surface area contributed by atoms with E-state index in [1.165, 1.54) is 0 Å². The quantitative estimate of drug-likeness (QED) is 0.645. The van der Waals surface area contributed by atoms with Gasteiger partial charge >= 0.3 is 12.0 Å². The van der Waals surface area contributed by atoms with E-state index < -0.39 is 12.0 Å². The molecule has 6 heteroatoms. The van der Waals surface area contributed by atoms with Gasteiger partial charge in [-0.25, -0.2) is 9.59 Å². The van der Waals surface area contributed by atoms with Crippen LogP contribution in [0.1, 0.15) is 38.3 Å². The van der Waals surface area contributed by atoms with Gasteiger partial charge in [-0.3, -0.25) is 0 Å². The summed E-state index contributed by atoms with van der Waals surface area (Å²) in [5, 5.41) is 5.90. The van der Waals surface area contributed by atoms with E-state index >= 15 is 0 Å². The van der Waals surface area contributed by atoms with E-state index in [0.717, 1.165) is 18.4 Å². The van der Waals surface area contributed by atoms with E-state index in [9.17, 15) is 9.59 Å². The first-order chi connectivity index (χ1) is 10.5. The summed E-state index contributed by atoms with van der Waals surface area (Å²) in [6.07, 6.45) is 1.75. The Morgan fingerprint density at radius 1 is 1.41 bits per heavy atom. The number of urea groups is 1. The summed E-state index contributed by atoms with van der Waals surface area (Å²) in [5.41, 5.74) is 1.64. The SMILES string of the molecule is CCCCOC(=O)C1=C(C)NC(=O)N[C@@H]1c1cccc(Cl)c1. The van der Waals surface area contributed by atoms with Gasteiger partial charge in [0, 0.05) is 10.7 Å². The zero-order valence-corrected chi connectivity index (χ0v) is 13.4. The summed E-state index contributed by atoms with van der Waals surface area (Å²) < 4.78 is 5.29. The van der Waals surface area contributed by atoms with Gasteiger partial charge < -0.3 is 15.4 Å². The van der Waals surface area contributed by atoms with Crippen LogP contribution in [0.25, 0.3) is 0 Å². The number of carbonyl (C=O) groups excluding carboxylic acids is 2. The van der Waals surface area contributed by atoms with Gasteiger partial charge in [0.15, 0.2) is 0 Å². The van der Waals surface area contributed by atoms with Crippen molar-refractivity contribution in [1.29, 1.82) is 0 Å². The Kier molecular flexibility index (Phi) is 5.44. The zero-order chi connectivity index (χ0) is 16.1. The number of halogens is 1. The van der Waals surface area contributed by atoms with Crippen LogP contribution in [-0.4, -0.2) is 18.6 Å². The van der Waals surface area contributed by atoms with Crippen molar-refractivity contribution in [3.05, 3.63) is 46.1 Å². The van der Waals surface area contributed by atoms with E-state index in [0.29, 0.717) is 22.9 Å². The van der Waals surface area contributed by atoms with Crippen LogP contribution in [0, 0.1) is 0 Å². The molecule has 0 spiro atoms. The largest absolute Gasteiger partial charge is 0.462 e. The highest BCUT2D eigenvalue weighted by molar-refractivity contribution is 6.30. The van der Waals surface area contributed by atoms with E-state index in [4.69, 9.17) is 16.3 Å². The minimum Gasteiger partial charge on any atom is -0.462 e. The first kappa shape index (κ1) is 16.4. The number of hydrogen-bond donors (Lipinski definition) is 2. The summed E-state index contributed by atoms with van der Waals surface area (Å²) >= 11 is 6.01. The van der Waals surface area contributed by atoms with Gasteiger partial charge in [0.05, 0.1) is 18.2 Å². The Balaban J connectivity index is 2.30. The molecule has 1 aliphatic rings. The van der Waals surface area contributed by atoms with Crippen molar-refractivity contribution < 1.29 is 14.3 Å². The number of hydrogen-bond acceptors (Lipinski definition) is 3. The van der Waals surface area contributed by atoms with E-state index in [1.807, 2.05) is 13.0 Å². The van der Waals surface area contributed by atoms with Crippen LogP contribution < -0.4 is 10.6 Å². The highest BCUT2D eigenvalue weighted by atomic mass is 35.5. The van der Waals surface area contributed by atoms with Gasteiger partial charge in [0.2, 0.25) is 0 Å². The minimum atomic E-state index is -0.568. The third-order valence-electron chi connectivity index (χ3n) is 3.40. The number of rotatable bonds is 5. The first-order valence-electron chi connectivity index (χ1n) is 7.23. The smallest absolute Gasteiger partial charge is 0.338 e. The lowest BCUT2D eigenvalue weighted by Gasteiger charge is -2.28. The van der Waals surface area contributed by atoms with Crippen molar-refractivity contribution >= 4 is 23.6 Å². The molecule has 1 aromatic carbocycles. The monoisotopic (exact) mass is 322 g/mol. The number of amides is 2. The molecule has 1 heterocycles. The number of allylic oxidation sites excluding steroid dienone is 1. The van der Waals surface area contributed by atoms with Crippen LogP contribution in [0.3, 0.4) is 0 Å². The van der Waals surface area contributed by atoms with Crippen molar-refractivity contribution in [3.8, 4) is 0 Å². The molecule has 0 aromatic heterocycles. The second-order valence-electron chi connectivity index (χ2n) is 5.11. The van der Waals surface area contributed by atoms with Gasteiger partial charge in [-0.05, 0) is 31.0 Å². The summed E-state index contributed by atoms with van der Waals surface area (Å²) in [7, 11) is 0. The number of unbranched alkanes of at least 4 members (excludes halogenated alkanes) is 1. The Hall–Kier alpha value is -2.01. The van der Waals surface area contributed by atoms with Crippen molar-refractivity contribution in [1.82, 2.24) is 10.6 Å². The maximum Gasteiger partial charge on any atom is 0.338 e. The highest BCUT2D eigenvalue weighted by Gasteiger charge is 2.32. The van der Waals surface area contributed by atoms with Gasteiger partial charge in [-0.1, -0.05) is 37.1 Å². The first-order valence-corrected chi connectivity index (χ1v) is 7.61. The Labute approximate surface area is 134 Å². The normalized spacial score (nSPS) is 17.8. The maximum atomic E-state index is 12.4. The average Bonchev–Trinajstić information content (AvgIpc) is 2.46. The molecule has 1 atom stereocenters. The molecule has 5 nitrogen and oxygen atoms in total. The number of benzene rings is 1. The third-order valence-corrected chi connectivity index (χ3v) is 3.64. The molecule has 2 amide bonds. The minimum absolute atomic E-state index is 0.354. The fourth-order valence-electron chi connectivity index (χ4n) is 2.29. The summed E-state index contributed by atoms with van der Waals surface area (Å²) in [6, 6.07) is 6.14. The van der Waals surface area contributed by atoms with Crippen LogP contribution >= 0.6 is 11.6 Å². The summed E-state index contributed by atoms with van der Waals surface area (Å²) in [6.45, 7) is 4.07. The van der Waals surface area contributed by atoms with Crippen molar-refractivity contribution in [2.45, 2.75) is 32.7 Å². The molecule has 0 unspecified atom stereocenters. The number of ether oxygens (including phenoxy) is 1. The van der Waals surface area contributed by atoms with E-state index in [1.54, 1.807) is 25.1 Å². The number of carbonyl (C=O) groups is 2. The third kappa shape index (κ3) is 3.80. The topological polar surface area (TPSA) is 67.4 Å². The van der Waals surface area contributed by atoms with Gasteiger partial charge in [-0.15, -0.1) is 0 Å². The van der Waals surface area contributed by atoms with Gasteiger partial charge in [0.25, 0.3) is 0 Å². The van der Waals surface area contributed by atoms with E-state index in [-0.39, 0.29) is 6.03 Å². The second-order valence-corrected chi connectivity index (χ2v) is 5.55. The maximum absolute atomic E-state index is 12.4. The molecular weight excluding hydrogens is 304 g/mol. The molecule has 0 radical (unpaired) electrons. The molecule has 0 fully saturated rings. The Morgan fingerprint density at radius 2 is 2.18 bits per heavy atom. The summed E-state index contributed by atoms with van der Waals surface area (Å²) in [4.78, 5) is 24.1. The fraction of sp³-hybridized carbons (Fsp3) is 0.375. The molecule has 2 N–H and O–H groups in total. The predicted molar refractivity (Wildman–Crippen MR) is 84.4 cm³/mol. The van der Waals surface area contributed by atoms with Crippen LogP contribution in [-0.2, 0) is 9.53 Å². The Bertz CT molecular complexity index is 613. The number of esters is 1. The van der Waals surface area contributed by atoms with E-state index in [2.05, 4.69) is 10.6 Å². The predicted octanol–water partition coefficient (Wildman–Crippen LogP) is 3.31. The molecule has 0 aliphatic carbocycles. The molecular formula is C16H19ClN2O3. The standard InChI is InChI=1S/C16H19ClN2O3/c1-3-4-8-22-15(20)13-10(2)18-16(21)19-14(13)11-6-5-7-12(17)9-11/h5-7,9,14H,3-4,8H2,1-2H3,(H2,18,19,21)/t14-/m1/s1. The molecule has 0 bridgehead atoms. The summed E-state index contributed by atoms with van der Waals surface area (Å²) in [5.74, 6) is -0.427. The molecule has 0 saturated carbocycles. The van der Waals surface area contributed by atoms with Crippen molar-refractivity contribution in [2.24, 2.45) is 0 Å². The van der Waals surface area contributed by atoms with Crippen LogP contribution in [0.4, 0.5) is 4.79 Å². The lowest BCUT2D eigenvalue weighted by molar-refractivity contribution is -0.139. The number of nitrogens with one attached hydrogen (secondary N) is 2. The van der Waals surface area contributed by atoms with Crippen LogP contribution in [0.5, 0.6) is 0 Å². The average molecular weight is 323 g/mol. The molecule has 2 rings (SSSR count). The van der Waals surface area contributed by atoms with Crippen molar-refractivity contribution in [2.75, 3.05) is 6.61 Å². The van der Waals surface area contributed by atoms with Crippen LogP contribution in [0.15, 0.2) is 35.5 Å². The molecule has 118 valence electrons.